The minimum atomic E-state index is 0. The van der Waals surface area contributed by atoms with Crippen molar-refractivity contribution in [2.45, 2.75) is 19.4 Å². The standard InChI is InChI=1S/C10H16N2.ClH/c1-8(2)7-9(11)10-5-4-6-12(10)3;/h4-6,9H,1,7,11H2,2-3H3;1H/t9-;/m1./s1. The van der Waals surface area contributed by atoms with Crippen LogP contribution in [0.1, 0.15) is 25.1 Å². The topological polar surface area (TPSA) is 30.9 Å². The molecule has 0 unspecified atom stereocenters. The molecule has 1 rings (SSSR count). The molecule has 0 saturated carbocycles. The SMILES string of the molecule is C=C(C)C[C@@H](N)c1cccn1C.Cl. The summed E-state index contributed by atoms with van der Waals surface area (Å²) in [6.07, 6.45) is 2.87. The number of nitrogens with two attached hydrogens (primary N) is 1. The lowest BCUT2D eigenvalue weighted by molar-refractivity contribution is 0.653. The normalized spacial score (nSPS) is 11.9. The predicted octanol–water partition coefficient (Wildman–Crippen LogP) is 2.41. The third-order valence-electron chi connectivity index (χ3n) is 1.93. The maximum absolute atomic E-state index is 5.96. The highest BCUT2D eigenvalue weighted by Crippen LogP contribution is 2.16. The van der Waals surface area contributed by atoms with Crippen molar-refractivity contribution in [2.24, 2.45) is 12.8 Å². The van der Waals surface area contributed by atoms with Crippen molar-refractivity contribution in [1.29, 1.82) is 0 Å². The highest BCUT2D eigenvalue weighted by Gasteiger charge is 2.07. The first-order valence-corrected chi connectivity index (χ1v) is 4.12. The van der Waals surface area contributed by atoms with Crippen LogP contribution in [0.4, 0.5) is 0 Å². The Kier molecular flexibility index (Phi) is 4.81. The number of halogens is 1. The van der Waals surface area contributed by atoms with E-state index >= 15 is 0 Å². The van der Waals surface area contributed by atoms with Crippen molar-refractivity contribution in [3.8, 4) is 0 Å². The third-order valence-corrected chi connectivity index (χ3v) is 1.93. The summed E-state index contributed by atoms with van der Waals surface area (Å²) in [6.45, 7) is 5.85. The fraction of sp³-hybridized carbons (Fsp3) is 0.400. The quantitative estimate of drug-likeness (QED) is 0.747. The van der Waals surface area contributed by atoms with Crippen LogP contribution in [0.25, 0.3) is 0 Å². The van der Waals surface area contributed by atoms with E-state index in [1.54, 1.807) is 0 Å². The summed E-state index contributed by atoms with van der Waals surface area (Å²) in [5, 5.41) is 0. The van der Waals surface area contributed by atoms with Gasteiger partial charge in [-0.25, -0.2) is 0 Å². The summed E-state index contributed by atoms with van der Waals surface area (Å²) in [5.74, 6) is 0. The second-order valence-corrected chi connectivity index (χ2v) is 3.31. The van der Waals surface area contributed by atoms with Gasteiger partial charge in [0.15, 0.2) is 0 Å². The van der Waals surface area contributed by atoms with Gasteiger partial charge in [-0.2, -0.15) is 0 Å². The molecular weight excluding hydrogens is 184 g/mol. The molecule has 0 aliphatic carbocycles. The molecule has 0 fully saturated rings. The maximum Gasteiger partial charge on any atom is 0.0487 e. The van der Waals surface area contributed by atoms with Gasteiger partial charge >= 0.3 is 0 Å². The van der Waals surface area contributed by atoms with Crippen LogP contribution in [-0.4, -0.2) is 4.57 Å². The van der Waals surface area contributed by atoms with Crippen LogP contribution in [0, 0.1) is 0 Å². The molecule has 13 heavy (non-hydrogen) atoms. The summed E-state index contributed by atoms with van der Waals surface area (Å²) < 4.78 is 2.05. The first-order chi connectivity index (χ1) is 5.61. The Hall–Kier alpha value is -0.730. The van der Waals surface area contributed by atoms with Gasteiger partial charge in [-0.1, -0.05) is 5.57 Å². The molecular formula is C10H17ClN2. The van der Waals surface area contributed by atoms with E-state index in [0.29, 0.717) is 0 Å². The van der Waals surface area contributed by atoms with Gasteiger partial charge in [-0.05, 0) is 25.5 Å². The smallest absolute Gasteiger partial charge is 0.0487 e. The average Bonchev–Trinajstić information content (AvgIpc) is 2.33. The monoisotopic (exact) mass is 200 g/mol. The summed E-state index contributed by atoms with van der Waals surface area (Å²) in [4.78, 5) is 0. The molecule has 74 valence electrons. The molecule has 0 saturated heterocycles. The van der Waals surface area contributed by atoms with Crippen LogP contribution < -0.4 is 5.73 Å². The minimum absolute atomic E-state index is 0. The first kappa shape index (κ1) is 12.3. The van der Waals surface area contributed by atoms with Crippen LogP contribution in [0.2, 0.25) is 0 Å². The molecule has 0 amide bonds. The van der Waals surface area contributed by atoms with Gasteiger partial charge in [0.25, 0.3) is 0 Å². The second kappa shape index (κ2) is 5.10. The Balaban J connectivity index is 0.00000144. The lowest BCUT2D eigenvalue weighted by Crippen LogP contribution is -2.13. The van der Waals surface area contributed by atoms with Crippen molar-refractivity contribution in [3.05, 3.63) is 36.2 Å². The van der Waals surface area contributed by atoms with E-state index < -0.39 is 0 Å². The molecule has 2 N–H and O–H groups in total. The molecule has 3 heteroatoms. The van der Waals surface area contributed by atoms with Crippen molar-refractivity contribution < 1.29 is 0 Å². The van der Waals surface area contributed by atoms with Crippen LogP contribution in [0.15, 0.2) is 30.5 Å². The lowest BCUT2D eigenvalue weighted by Gasteiger charge is -2.12. The zero-order chi connectivity index (χ0) is 9.14. The van der Waals surface area contributed by atoms with Crippen molar-refractivity contribution in [2.75, 3.05) is 0 Å². The molecule has 1 heterocycles. The van der Waals surface area contributed by atoms with E-state index in [2.05, 4.69) is 6.58 Å². The number of rotatable bonds is 3. The summed E-state index contributed by atoms with van der Waals surface area (Å²) in [7, 11) is 2.01. The Morgan fingerprint density at radius 3 is 2.69 bits per heavy atom. The van der Waals surface area contributed by atoms with Gasteiger partial charge in [0, 0.05) is 25.0 Å². The maximum atomic E-state index is 5.96. The Morgan fingerprint density at radius 1 is 1.69 bits per heavy atom. The van der Waals surface area contributed by atoms with E-state index in [1.807, 2.05) is 36.9 Å². The van der Waals surface area contributed by atoms with E-state index in [-0.39, 0.29) is 18.4 Å². The number of aryl methyl sites for hydroxylation is 1. The molecule has 0 aliphatic rings. The first-order valence-electron chi connectivity index (χ1n) is 4.12. The summed E-state index contributed by atoms with van der Waals surface area (Å²) in [5.41, 5.74) is 8.25. The van der Waals surface area contributed by atoms with E-state index in [9.17, 15) is 0 Å². The molecule has 1 atom stereocenters. The molecule has 2 nitrogen and oxygen atoms in total. The predicted molar refractivity (Wildman–Crippen MR) is 59.0 cm³/mol. The second-order valence-electron chi connectivity index (χ2n) is 3.31. The molecule has 0 aliphatic heterocycles. The zero-order valence-corrected chi connectivity index (χ0v) is 8.97. The highest BCUT2D eigenvalue weighted by molar-refractivity contribution is 5.85. The fourth-order valence-corrected chi connectivity index (χ4v) is 1.34. The molecule has 0 spiro atoms. The molecule has 0 radical (unpaired) electrons. The number of nitrogens with zero attached hydrogens (tertiary/aromatic N) is 1. The highest BCUT2D eigenvalue weighted by atomic mass is 35.5. The molecule has 1 aromatic rings. The number of hydrogen-bond donors (Lipinski definition) is 1. The van der Waals surface area contributed by atoms with Gasteiger partial charge in [-0.15, -0.1) is 19.0 Å². The van der Waals surface area contributed by atoms with Gasteiger partial charge in [-0.3, -0.25) is 0 Å². The summed E-state index contributed by atoms with van der Waals surface area (Å²) in [6, 6.07) is 4.14. The van der Waals surface area contributed by atoms with E-state index in [4.69, 9.17) is 5.73 Å². The van der Waals surface area contributed by atoms with Crippen LogP contribution in [0.5, 0.6) is 0 Å². The van der Waals surface area contributed by atoms with Gasteiger partial charge in [0.2, 0.25) is 0 Å². The van der Waals surface area contributed by atoms with Gasteiger partial charge < -0.3 is 10.3 Å². The van der Waals surface area contributed by atoms with Crippen molar-refractivity contribution in [1.82, 2.24) is 4.57 Å². The lowest BCUT2D eigenvalue weighted by atomic mass is 10.1. The Labute approximate surface area is 85.8 Å². The molecule has 0 aromatic carbocycles. The van der Waals surface area contributed by atoms with Gasteiger partial charge in [0.1, 0.15) is 0 Å². The zero-order valence-electron chi connectivity index (χ0n) is 8.16. The van der Waals surface area contributed by atoms with Crippen LogP contribution in [0.3, 0.4) is 0 Å². The molecule has 1 aromatic heterocycles. The van der Waals surface area contributed by atoms with Crippen molar-refractivity contribution in [3.63, 3.8) is 0 Å². The third kappa shape index (κ3) is 3.25. The van der Waals surface area contributed by atoms with Crippen molar-refractivity contribution >= 4 is 12.4 Å². The van der Waals surface area contributed by atoms with E-state index in [0.717, 1.165) is 17.7 Å². The fourth-order valence-electron chi connectivity index (χ4n) is 1.34. The average molecular weight is 201 g/mol. The van der Waals surface area contributed by atoms with E-state index in [1.165, 1.54) is 0 Å². The number of hydrogen-bond acceptors (Lipinski definition) is 1. The Morgan fingerprint density at radius 2 is 2.31 bits per heavy atom. The Bertz CT molecular complexity index is 278. The largest absolute Gasteiger partial charge is 0.353 e. The minimum Gasteiger partial charge on any atom is -0.353 e. The van der Waals surface area contributed by atoms with Crippen LogP contribution >= 0.6 is 12.4 Å². The number of aromatic nitrogens is 1. The molecule has 0 bridgehead atoms. The van der Waals surface area contributed by atoms with Gasteiger partial charge in [0.05, 0.1) is 0 Å². The van der Waals surface area contributed by atoms with Crippen LogP contribution in [-0.2, 0) is 7.05 Å². The summed E-state index contributed by atoms with van der Waals surface area (Å²) >= 11 is 0.